The lowest BCUT2D eigenvalue weighted by Gasteiger charge is -2.33. The van der Waals surface area contributed by atoms with Gasteiger partial charge in [0.25, 0.3) is 0 Å². The lowest BCUT2D eigenvalue weighted by Crippen LogP contribution is -2.46. The molecule has 1 atom stereocenters. The molecule has 1 unspecified atom stereocenters. The van der Waals surface area contributed by atoms with E-state index in [1.54, 1.807) is 27.0 Å². The van der Waals surface area contributed by atoms with Gasteiger partial charge in [0.1, 0.15) is 0 Å². The zero-order valence-corrected chi connectivity index (χ0v) is 13.1. The molecule has 5 heteroatoms. The van der Waals surface area contributed by atoms with Gasteiger partial charge in [-0.15, -0.1) is 0 Å². The molecule has 0 aromatic heterocycles. The van der Waals surface area contributed by atoms with Crippen LogP contribution in [-0.4, -0.2) is 30.6 Å². The van der Waals surface area contributed by atoms with E-state index in [0.717, 1.165) is 11.1 Å². The Morgan fingerprint density at radius 2 is 2.14 bits per heavy atom. The third-order valence-corrected chi connectivity index (χ3v) is 3.78. The molecule has 0 saturated heterocycles. The van der Waals surface area contributed by atoms with Gasteiger partial charge in [-0.3, -0.25) is 0 Å². The number of carbonyl (C=O) groups excluding carboxylic acids is 2. The van der Waals surface area contributed by atoms with E-state index in [2.05, 4.69) is 11.9 Å². The molecule has 1 N–H and O–H groups in total. The molecule has 1 aliphatic rings. The first-order valence-corrected chi connectivity index (χ1v) is 7.14. The maximum absolute atomic E-state index is 12.4. The van der Waals surface area contributed by atoms with Gasteiger partial charge in [-0.1, -0.05) is 36.9 Å². The highest BCUT2D eigenvalue weighted by Gasteiger charge is 2.35. The van der Waals surface area contributed by atoms with E-state index < -0.39 is 12.0 Å². The van der Waals surface area contributed by atoms with Gasteiger partial charge in [0.05, 0.1) is 18.2 Å². The van der Waals surface area contributed by atoms with Gasteiger partial charge in [-0.2, -0.15) is 0 Å². The van der Waals surface area contributed by atoms with Gasteiger partial charge >= 0.3 is 12.0 Å². The first-order valence-electron chi connectivity index (χ1n) is 7.14. The van der Waals surface area contributed by atoms with Crippen molar-refractivity contribution in [3.63, 3.8) is 0 Å². The molecule has 5 nitrogen and oxygen atoms in total. The monoisotopic (exact) mass is 300 g/mol. The Morgan fingerprint density at radius 3 is 2.77 bits per heavy atom. The summed E-state index contributed by atoms with van der Waals surface area (Å²) in [5, 5.41) is 2.86. The van der Waals surface area contributed by atoms with Gasteiger partial charge in [-0.25, -0.2) is 9.59 Å². The summed E-state index contributed by atoms with van der Waals surface area (Å²) in [6.45, 7) is 7.57. The highest BCUT2D eigenvalue weighted by molar-refractivity contribution is 5.95. The number of rotatable bonds is 4. The molecule has 0 spiro atoms. The van der Waals surface area contributed by atoms with E-state index in [1.807, 2.05) is 24.3 Å². The highest BCUT2D eigenvalue weighted by atomic mass is 16.5. The summed E-state index contributed by atoms with van der Waals surface area (Å²) >= 11 is 0. The molecule has 116 valence electrons. The largest absolute Gasteiger partial charge is 0.463 e. The Kier molecular flexibility index (Phi) is 4.65. The second-order valence-corrected chi connectivity index (χ2v) is 4.99. The Labute approximate surface area is 130 Å². The standard InChI is InChI=1S/C17H20N2O3/c1-5-12-9-7-8-10-13(12)15-14(16(20)22-6-2)11(3)19(4)17(21)18-15/h5,7-10,15H,1,6H2,2-4H3,(H,18,21). The molecule has 0 fully saturated rings. The van der Waals surface area contributed by atoms with Crippen LogP contribution in [0.5, 0.6) is 0 Å². The number of nitrogens with zero attached hydrogens (tertiary/aromatic N) is 1. The van der Waals surface area contributed by atoms with E-state index in [-0.39, 0.29) is 12.6 Å². The summed E-state index contributed by atoms with van der Waals surface area (Å²) in [5.41, 5.74) is 2.72. The second-order valence-electron chi connectivity index (χ2n) is 4.99. The molecule has 1 heterocycles. The highest BCUT2D eigenvalue weighted by Crippen LogP contribution is 2.32. The first kappa shape index (κ1) is 15.8. The van der Waals surface area contributed by atoms with E-state index in [1.165, 1.54) is 4.90 Å². The van der Waals surface area contributed by atoms with Crippen LogP contribution in [0, 0.1) is 0 Å². The molecule has 0 saturated carbocycles. The van der Waals surface area contributed by atoms with E-state index in [9.17, 15) is 9.59 Å². The molecule has 2 rings (SSSR count). The summed E-state index contributed by atoms with van der Waals surface area (Å²) in [6, 6.07) is 6.72. The van der Waals surface area contributed by atoms with Crippen molar-refractivity contribution in [3.8, 4) is 0 Å². The molecule has 2 amide bonds. The predicted molar refractivity (Wildman–Crippen MR) is 84.9 cm³/mol. The minimum Gasteiger partial charge on any atom is -0.463 e. The predicted octanol–water partition coefficient (Wildman–Crippen LogP) is 2.86. The van der Waals surface area contributed by atoms with Gasteiger partial charge in [0.15, 0.2) is 0 Å². The van der Waals surface area contributed by atoms with Crippen LogP contribution in [0.15, 0.2) is 42.1 Å². The van der Waals surface area contributed by atoms with Gasteiger partial charge in [-0.05, 0) is 25.0 Å². The fraction of sp³-hybridized carbons (Fsp3) is 0.294. The van der Waals surface area contributed by atoms with Crippen molar-refractivity contribution in [2.45, 2.75) is 19.9 Å². The molecule has 1 aliphatic heterocycles. The molecule has 0 aliphatic carbocycles. The first-order chi connectivity index (χ1) is 10.5. The van der Waals surface area contributed by atoms with Crippen molar-refractivity contribution >= 4 is 18.1 Å². The summed E-state index contributed by atoms with van der Waals surface area (Å²) in [7, 11) is 1.62. The van der Waals surface area contributed by atoms with E-state index >= 15 is 0 Å². The van der Waals surface area contributed by atoms with Crippen LogP contribution in [0.4, 0.5) is 4.79 Å². The molecule has 1 aromatic rings. The summed E-state index contributed by atoms with van der Waals surface area (Å²) in [6.07, 6.45) is 1.71. The second kappa shape index (κ2) is 6.47. The van der Waals surface area contributed by atoms with Crippen molar-refractivity contribution in [1.29, 1.82) is 0 Å². The van der Waals surface area contributed by atoms with Crippen LogP contribution >= 0.6 is 0 Å². The van der Waals surface area contributed by atoms with Crippen molar-refractivity contribution in [2.24, 2.45) is 0 Å². The Morgan fingerprint density at radius 1 is 1.45 bits per heavy atom. The van der Waals surface area contributed by atoms with Crippen molar-refractivity contribution < 1.29 is 14.3 Å². The number of urea groups is 1. The average molecular weight is 300 g/mol. The van der Waals surface area contributed by atoms with Crippen LogP contribution in [0.1, 0.15) is 31.0 Å². The number of esters is 1. The number of benzene rings is 1. The number of ether oxygens (including phenoxy) is 1. The van der Waals surface area contributed by atoms with Crippen LogP contribution < -0.4 is 5.32 Å². The zero-order chi connectivity index (χ0) is 16.3. The zero-order valence-electron chi connectivity index (χ0n) is 13.1. The van der Waals surface area contributed by atoms with Gasteiger partial charge in [0.2, 0.25) is 0 Å². The Bertz CT molecular complexity index is 649. The molecule has 0 bridgehead atoms. The van der Waals surface area contributed by atoms with Crippen LogP contribution in [0.2, 0.25) is 0 Å². The molecular formula is C17H20N2O3. The maximum Gasteiger partial charge on any atom is 0.338 e. The van der Waals surface area contributed by atoms with Crippen LogP contribution in [0.3, 0.4) is 0 Å². The fourth-order valence-electron chi connectivity index (χ4n) is 2.50. The number of carbonyl (C=O) groups is 2. The maximum atomic E-state index is 12.4. The summed E-state index contributed by atoms with van der Waals surface area (Å²) < 4.78 is 5.16. The average Bonchev–Trinajstić information content (AvgIpc) is 2.52. The Hall–Kier alpha value is -2.56. The van der Waals surface area contributed by atoms with Crippen LogP contribution in [-0.2, 0) is 9.53 Å². The number of allylic oxidation sites excluding steroid dienone is 1. The van der Waals surface area contributed by atoms with Crippen molar-refractivity contribution in [1.82, 2.24) is 10.2 Å². The summed E-state index contributed by atoms with van der Waals surface area (Å²) in [5.74, 6) is -0.421. The molecule has 22 heavy (non-hydrogen) atoms. The van der Waals surface area contributed by atoms with E-state index in [0.29, 0.717) is 11.3 Å². The number of nitrogens with one attached hydrogen (secondary N) is 1. The lowest BCUT2D eigenvalue weighted by molar-refractivity contribution is -0.139. The fourth-order valence-corrected chi connectivity index (χ4v) is 2.50. The third kappa shape index (κ3) is 2.74. The molecular weight excluding hydrogens is 280 g/mol. The number of hydrogen-bond acceptors (Lipinski definition) is 3. The minimum atomic E-state index is -0.544. The number of amides is 2. The van der Waals surface area contributed by atoms with Crippen molar-refractivity contribution in [3.05, 3.63) is 53.2 Å². The number of hydrogen-bond donors (Lipinski definition) is 1. The summed E-state index contributed by atoms with van der Waals surface area (Å²) in [4.78, 5) is 25.9. The van der Waals surface area contributed by atoms with E-state index in [4.69, 9.17) is 4.74 Å². The molecule has 0 radical (unpaired) electrons. The van der Waals surface area contributed by atoms with Gasteiger partial charge < -0.3 is 15.0 Å². The van der Waals surface area contributed by atoms with Gasteiger partial charge in [0, 0.05) is 12.7 Å². The topological polar surface area (TPSA) is 58.6 Å². The third-order valence-electron chi connectivity index (χ3n) is 3.78. The van der Waals surface area contributed by atoms with Crippen LogP contribution in [0.25, 0.3) is 6.08 Å². The molecule has 1 aromatic carbocycles. The minimum absolute atomic E-state index is 0.255. The smallest absolute Gasteiger partial charge is 0.338 e. The quantitative estimate of drug-likeness (QED) is 0.870. The normalized spacial score (nSPS) is 18.0. The SMILES string of the molecule is C=Cc1ccccc1C1NC(=O)N(C)C(C)=C1C(=O)OCC. The Balaban J connectivity index is 2.58. The lowest BCUT2D eigenvalue weighted by atomic mass is 9.91. The van der Waals surface area contributed by atoms with Crippen molar-refractivity contribution in [2.75, 3.05) is 13.7 Å².